The van der Waals surface area contributed by atoms with Gasteiger partial charge in [0.15, 0.2) is 0 Å². The van der Waals surface area contributed by atoms with Gasteiger partial charge < -0.3 is 20.0 Å². The number of nitrogens with one attached hydrogen (secondary N) is 1. The SMILES string of the molecule is C=Nn1cc(-c2ccc(N3CCNCC3)cc2)cc1/C(=C\C)N1CCN(C(=O)[C@H]2C[C@H](C#N)C2)CC1. The molecule has 36 heavy (non-hydrogen) atoms. The summed E-state index contributed by atoms with van der Waals surface area (Å²) in [5, 5.41) is 16.7. The van der Waals surface area contributed by atoms with Crippen LogP contribution in [0.5, 0.6) is 0 Å². The summed E-state index contributed by atoms with van der Waals surface area (Å²) in [4.78, 5) is 19.5. The molecule has 1 aromatic carbocycles. The average molecular weight is 486 g/mol. The number of hydrogen-bond acceptors (Lipinski definition) is 6. The zero-order valence-electron chi connectivity index (χ0n) is 21.1. The van der Waals surface area contributed by atoms with E-state index in [-0.39, 0.29) is 17.7 Å². The van der Waals surface area contributed by atoms with E-state index in [2.05, 4.69) is 69.4 Å². The number of nitriles is 1. The number of amides is 1. The molecule has 3 heterocycles. The van der Waals surface area contributed by atoms with Crippen molar-refractivity contribution in [2.45, 2.75) is 19.8 Å². The van der Waals surface area contributed by atoms with Crippen LogP contribution >= 0.6 is 0 Å². The molecule has 3 aliphatic rings. The molecule has 0 spiro atoms. The minimum atomic E-state index is 0.0325. The summed E-state index contributed by atoms with van der Waals surface area (Å²) in [5.41, 5.74) is 5.62. The molecule has 3 fully saturated rings. The second-order valence-corrected chi connectivity index (χ2v) is 9.86. The van der Waals surface area contributed by atoms with Crippen LogP contribution in [0.1, 0.15) is 25.5 Å². The Balaban J connectivity index is 1.27. The maximum absolute atomic E-state index is 12.8. The first-order chi connectivity index (χ1) is 17.6. The van der Waals surface area contributed by atoms with Crippen LogP contribution in [-0.2, 0) is 4.79 Å². The van der Waals surface area contributed by atoms with Crippen molar-refractivity contribution in [3.05, 3.63) is 48.3 Å². The van der Waals surface area contributed by atoms with Gasteiger partial charge >= 0.3 is 0 Å². The molecule has 1 amide bonds. The summed E-state index contributed by atoms with van der Waals surface area (Å²) in [6, 6.07) is 13.2. The molecule has 0 bridgehead atoms. The number of piperazine rings is 2. The van der Waals surface area contributed by atoms with E-state index in [4.69, 9.17) is 5.26 Å². The molecule has 0 radical (unpaired) electrons. The third-order valence-electron chi connectivity index (χ3n) is 7.77. The Morgan fingerprint density at radius 3 is 2.33 bits per heavy atom. The Labute approximate surface area is 213 Å². The highest BCUT2D eigenvalue weighted by Gasteiger charge is 2.37. The second-order valence-electron chi connectivity index (χ2n) is 9.86. The van der Waals surface area contributed by atoms with Gasteiger partial charge in [0.25, 0.3) is 0 Å². The van der Waals surface area contributed by atoms with Crippen LogP contribution in [-0.4, -0.2) is 79.5 Å². The highest BCUT2D eigenvalue weighted by atomic mass is 16.2. The maximum atomic E-state index is 12.8. The fourth-order valence-electron chi connectivity index (χ4n) is 5.55. The fraction of sp³-hybridized carbons (Fsp3) is 0.464. The van der Waals surface area contributed by atoms with Crippen LogP contribution in [0.2, 0.25) is 0 Å². The summed E-state index contributed by atoms with van der Waals surface area (Å²) in [6.07, 6.45) is 5.59. The highest BCUT2D eigenvalue weighted by molar-refractivity contribution is 5.80. The molecule has 5 rings (SSSR count). The lowest BCUT2D eigenvalue weighted by molar-refractivity contribution is -0.140. The number of benzene rings is 1. The van der Waals surface area contributed by atoms with E-state index in [9.17, 15) is 4.79 Å². The highest BCUT2D eigenvalue weighted by Crippen LogP contribution is 2.35. The molecule has 2 aromatic rings. The quantitative estimate of drug-likeness (QED) is 0.636. The van der Waals surface area contributed by atoms with Gasteiger partial charge in [-0.2, -0.15) is 10.4 Å². The summed E-state index contributed by atoms with van der Waals surface area (Å²) in [7, 11) is 0. The monoisotopic (exact) mass is 485 g/mol. The van der Waals surface area contributed by atoms with Crippen molar-refractivity contribution < 1.29 is 4.79 Å². The third-order valence-corrected chi connectivity index (χ3v) is 7.77. The number of anilines is 1. The van der Waals surface area contributed by atoms with Gasteiger partial charge in [0.1, 0.15) is 0 Å². The van der Waals surface area contributed by atoms with Gasteiger partial charge in [0.05, 0.1) is 17.5 Å². The molecule has 2 aliphatic heterocycles. The van der Waals surface area contributed by atoms with Gasteiger partial charge in [-0.05, 0) is 43.5 Å². The molecule has 1 N–H and O–H groups in total. The third kappa shape index (κ3) is 4.76. The maximum Gasteiger partial charge on any atom is 0.225 e. The van der Waals surface area contributed by atoms with Crippen LogP contribution in [0.4, 0.5) is 5.69 Å². The van der Waals surface area contributed by atoms with E-state index in [0.29, 0.717) is 25.9 Å². The van der Waals surface area contributed by atoms with Crippen LogP contribution in [0.25, 0.3) is 16.8 Å². The number of nitrogens with zero attached hydrogens (tertiary/aromatic N) is 6. The molecule has 1 aromatic heterocycles. The molecule has 8 nitrogen and oxygen atoms in total. The lowest BCUT2D eigenvalue weighted by atomic mass is 9.75. The predicted octanol–water partition coefficient (Wildman–Crippen LogP) is 3.08. The van der Waals surface area contributed by atoms with E-state index < -0.39 is 0 Å². The lowest BCUT2D eigenvalue weighted by Gasteiger charge is -2.40. The predicted molar refractivity (Wildman–Crippen MR) is 144 cm³/mol. The molecule has 1 aliphatic carbocycles. The van der Waals surface area contributed by atoms with Gasteiger partial charge in [-0.25, -0.2) is 4.68 Å². The topological polar surface area (TPSA) is 79.9 Å². The zero-order valence-corrected chi connectivity index (χ0v) is 21.1. The number of carbonyl (C=O) groups is 1. The fourth-order valence-corrected chi connectivity index (χ4v) is 5.55. The van der Waals surface area contributed by atoms with Crippen molar-refractivity contribution in [3.8, 4) is 17.2 Å². The van der Waals surface area contributed by atoms with E-state index in [1.807, 2.05) is 22.7 Å². The summed E-state index contributed by atoms with van der Waals surface area (Å²) in [6.45, 7) is 12.9. The van der Waals surface area contributed by atoms with E-state index in [0.717, 1.165) is 61.8 Å². The van der Waals surface area contributed by atoms with Crippen molar-refractivity contribution >= 4 is 24.0 Å². The molecule has 0 atom stereocenters. The van der Waals surface area contributed by atoms with Crippen LogP contribution < -0.4 is 10.2 Å². The molecule has 2 saturated heterocycles. The van der Waals surface area contributed by atoms with Crippen molar-refractivity contribution in [2.75, 3.05) is 57.3 Å². The first-order valence-corrected chi connectivity index (χ1v) is 13.0. The molecule has 1 saturated carbocycles. The number of aromatic nitrogens is 1. The van der Waals surface area contributed by atoms with Gasteiger partial charge in [0, 0.05) is 88.4 Å². The largest absolute Gasteiger partial charge is 0.369 e. The summed E-state index contributed by atoms with van der Waals surface area (Å²) < 4.78 is 1.85. The molecular formula is C28H35N7O. The average Bonchev–Trinajstić information content (AvgIpc) is 3.33. The molecule has 0 unspecified atom stereocenters. The van der Waals surface area contributed by atoms with Gasteiger partial charge in [-0.3, -0.25) is 4.79 Å². The first kappa shape index (κ1) is 24.1. The molecular weight excluding hydrogens is 450 g/mol. The molecule has 188 valence electrons. The Morgan fingerprint density at radius 2 is 1.72 bits per heavy atom. The standard InChI is InChI=1S/C28H35N7O/c1-3-26(33-12-14-34(15-13-33)28(36)23-16-21(17-23)19-29)27-18-24(20-35(27)30-2)22-4-6-25(7-5-22)32-10-8-31-9-11-32/h3-7,18,20-21,23,31H,2,8-17H2,1H3/b26-3+/t21-,23-. The minimum absolute atomic E-state index is 0.0325. The van der Waals surface area contributed by atoms with Crippen LogP contribution in [0.3, 0.4) is 0 Å². The van der Waals surface area contributed by atoms with Crippen molar-refractivity contribution in [1.82, 2.24) is 19.8 Å². The van der Waals surface area contributed by atoms with Crippen molar-refractivity contribution in [3.63, 3.8) is 0 Å². The first-order valence-electron chi connectivity index (χ1n) is 13.0. The van der Waals surface area contributed by atoms with Gasteiger partial charge in [-0.1, -0.05) is 18.2 Å². The number of hydrogen-bond donors (Lipinski definition) is 1. The normalized spacial score (nSPS) is 22.7. The van der Waals surface area contributed by atoms with Crippen LogP contribution in [0.15, 0.2) is 47.7 Å². The molecule has 8 heteroatoms. The van der Waals surface area contributed by atoms with Gasteiger partial charge in [-0.15, -0.1) is 0 Å². The van der Waals surface area contributed by atoms with Crippen molar-refractivity contribution in [2.24, 2.45) is 16.9 Å². The van der Waals surface area contributed by atoms with Crippen LogP contribution in [0, 0.1) is 23.2 Å². The van der Waals surface area contributed by atoms with E-state index in [1.165, 1.54) is 5.69 Å². The number of allylic oxidation sites excluding steroid dienone is 1. The smallest absolute Gasteiger partial charge is 0.225 e. The second kappa shape index (κ2) is 10.6. The van der Waals surface area contributed by atoms with Crippen molar-refractivity contribution in [1.29, 1.82) is 5.26 Å². The zero-order chi connectivity index (χ0) is 25.1. The lowest BCUT2D eigenvalue weighted by Crippen LogP contribution is -2.51. The number of rotatable bonds is 6. The Kier molecular flexibility index (Phi) is 7.10. The summed E-state index contributed by atoms with van der Waals surface area (Å²) in [5.74, 6) is 0.303. The van der Waals surface area contributed by atoms with Gasteiger partial charge in [0.2, 0.25) is 5.91 Å². The Hall–Kier alpha value is -3.57. The Bertz CT molecular complexity index is 1160. The minimum Gasteiger partial charge on any atom is -0.369 e. The summed E-state index contributed by atoms with van der Waals surface area (Å²) >= 11 is 0. The number of carbonyl (C=O) groups excluding carboxylic acids is 1. The van der Waals surface area contributed by atoms with E-state index in [1.54, 1.807) is 0 Å². The van der Waals surface area contributed by atoms with E-state index >= 15 is 0 Å². The Morgan fingerprint density at radius 1 is 1.06 bits per heavy atom.